The van der Waals surface area contributed by atoms with E-state index in [2.05, 4.69) is 19.1 Å². The summed E-state index contributed by atoms with van der Waals surface area (Å²) < 4.78 is 10.9. The second kappa shape index (κ2) is 15.6. The van der Waals surface area contributed by atoms with Crippen molar-refractivity contribution in [1.82, 2.24) is 0 Å². The molecule has 5 heteroatoms. The van der Waals surface area contributed by atoms with Crippen LogP contribution in [0.5, 0.6) is 0 Å². The minimum absolute atomic E-state index is 0.218. The lowest BCUT2D eigenvalue weighted by Crippen LogP contribution is -2.55. The van der Waals surface area contributed by atoms with Gasteiger partial charge in [0.2, 0.25) is 0 Å². The van der Waals surface area contributed by atoms with Crippen LogP contribution in [0.4, 0.5) is 0 Å². The van der Waals surface area contributed by atoms with Crippen molar-refractivity contribution in [2.24, 2.45) is 0 Å². The van der Waals surface area contributed by atoms with Crippen molar-refractivity contribution in [3.8, 4) is 0 Å². The van der Waals surface area contributed by atoms with Gasteiger partial charge in [0.15, 0.2) is 0 Å². The Kier molecular flexibility index (Phi) is 14.1. The van der Waals surface area contributed by atoms with E-state index in [0.29, 0.717) is 6.61 Å². The molecule has 0 spiro atoms. The molecule has 0 bridgehead atoms. The van der Waals surface area contributed by atoms with Gasteiger partial charge in [-0.25, -0.2) is 0 Å². The maximum atomic E-state index is 9.97. The Balaban J connectivity index is 1.89. The molecule has 1 fully saturated rings. The smallest absolute Gasteiger partial charge is 0.111 e. The first kappa shape index (κ1) is 23.6. The van der Waals surface area contributed by atoms with Gasteiger partial charge in [0.05, 0.1) is 13.2 Å². The summed E-state index contributed by atoms with van der Waals surface area (Å²) in [5.41, 5.74) is 0. The first-order chi connectivity index (χ1) is 12.7. The lowest BCUT2D eigenvalue weighted by molar-refractivity contribution is -0.208. The second-order valence-corrected chi connectivity index (χ2v) is 7.32. The van der Waals surface area contributed by atoms with Gasteiger partial charge >= 0.3 is 0 Å². The minimum atomic E-state index is -1.08. The highest BCUT2D eigenvalue weighted by Crippen LogP contribution is 2.18. The summed E-state index contributed by atoms with van der Waals surface area (Å²) in [6.07, 6.45) is 14.9. The van der Waals surface area contributed by atoms with E-state index in [-0.39, 0.29) is 13.2 Å². The van der Waals surface area contributed by atoms with E-state index in [1.54, 1.807) is 0 Å². The predicted molar refractivity (Wildman–Crippen MR) is 104 cm³/mol. The van der Waals surface area contributed by atoms with Crippen LogP contribution in [0.3, 0.4) is 0 Å². The molecule has 0 aliphatic carbocycles. The van der Waals surface area contributed by atoms with Crippen molar-refractivity contribution in [1.29, 1.82) is 0 Å². The van der Waals surface area contributed by atoms with Crippen LogP contribution < -0.4 is 0 Å². The van der Waals surface area contributed by atoms with E-state index in [9.17, 15) is 10.2 Å². The van der Waals surface area contributed by atoms with E-state index >= 15 is 0 Å². The highest BCUT2D eigenvalue weighted by Gasteiger charge is 2.38. The summed E-state index contributed by atoms with van der Waals surface area (Å²) in [5, 5.41) is 28.8. The van der Waals surface area contributed by atoms with Crippen molar-refractivity contribution < 1.29 is 24.8 Å². The van der Waals surface area contributed by atoms with Gasteiger partial charge in [0, 0.05) is 6.61 Å². The third-order valence-corrected chi connectivity index (χ3v) is 5.00. The van der Waals surface area contributed by atoms with Gasteiger partial charge in [-0.05, 0) is 32.1 Å². The van der Waals surface area contributed by atoms with Gasteiger partial charge in [-0.2, -0.15) is 0 Å². The first-order valence-corrected chi connectivity index (χ1v) is 10.6. The Hall–Kier alpha value is -0.460. The number of hydrogen-bond donors (Lipinski definition) is 3. The molecule has 0 aromatic rings. The molecule has 0 amide bonds. The Morgan fingerprint density at radius 2 is 1.50 bits per heavy atom. The van der Waals surface area contributed by atoms with Gasteiger partial charge in [-0.3, -0.25) is 0 Å². The topological polar surface area (TPSA) is 79.2 Å². The predicted octanol–water partition coefficient (Wildman–Crippen LogP) is 3.35. The molecule has 3 N–H and O–H groups in total. The number of ether oxygens (including phenoxy) is 2. The average Bonchev–Trinajstić information content (AvgIpc) is 2.65. The van der Waals surface area contributed by atoms with Crippen molar-refractivity contribution >= 4 is 0 Å². The largest absolute Gasteiger partial charge is 0.394 e. The summed E-state index contributed by atoms with van der Waals surface area (Å²) in [5.74, 6) is 0. The Labute approximate surface area is 159 Å². The van der Waals surface area contributed by atoms with E-state index < -0.39 is 24.4 Å². The van der Waals surface area contributed by atoms with Crippen LogP contribution in [0.25, 0.3) is 0 Å². The van der Waals surface area contributed by atoms with Crippen LogP contribution in [0.15, 0.2) is 12.2 Å². The summed E-state index contributed by atoms with van der Waals surface area (Å²) >= 11 is 0. The fourth-order valence-electron chi connectivity index (χ4n) is 3.22. The Morgan fingerprint density at radius 1 is 0.885 bits per heavy atom. The molecule has 4 atom stereocenters. The molecular formula is C21H40O5. The number of hydrogen-bond acceptors (Lipinski definition) is 5. The van der Waals surface area contributed by atoms with E-state index in [1.165, 1.54) is 57.8 Å². The SMILES string of the molecule is CCCCC/C=C/CCCCCCCCO[C@@H]1CO[C@@H](CO)[C@H](O)[C@H]1O. The van der Waals surface area contributed by atoms with Gasteiger partial charge in [0.25, 0.3) is 0 Å². The summed E-state index contributed by atoms with van der Waals surface area (Å²) in [6, 6.07) is 0. The third kappa shape index (κ3) is 10.0. The maximum absolute atomic E-state index is 9.97. The molecule has 5 nitrogen and oxygen atoms in total. The fourth-order valence-corrected chi connectivity index (χ4v) is 3.22. The molecule has 1 aliphatic rings. The number of aliphatic hydroxyl groups excluding tert-OH is 3. The highest BCUT2D eigenvalue weighted by molar-refractivity contribution is 4.87. The zero-order valence-electron chi connectivity index (χ0n) is 16.5. The van der Waals surface area contributed by atoms with Crippen molar-refractivity contribution in [3.63, 3.8) is 0 Å². The van der Waals surface area contributed by atoms with Gasteiger partial charge in [-0.1, -0.05) is 57.6 Å². The highest BCUT2D eigenvalue weighted by atomic mass is 16.6. The quantitative estimate of drug-likeness (QED) is 0.303. The summed E-state index contributed by atoms with van der Waals surface area (Å²) in [6.45, 7) is 2.73. The number of rotatable bonds is 15. The molecule has 154 valence electrons. The third-order valence-electron chi connectivity index (χ3n) is 5.00. The molecule has 26 heavy (non-hydrogen) atoms. The van der Waals surface area contributed by atoms with Crippen LogP contribution in [-0.4, -0.2) is 59.6 Å². The molecule has 1 rings (SSSR count). The van der Waals surface area contributed by atoms with Gasteiger partial charge < -0.3 is 24.8 Å². The number of aliphatic hydroxyl groups is 3. The molecule has 0 aromatic carbocycles. The van der Waals surface area contributed by atoms with Crippen molar-refractivity contribution in [2.45, 2.75) is 102 Å². The van der Waals surface area contributed by atoms with Crippen molar-refractivity contribution in [2.75, 3.05) is 19.8 Å². The molecule has 0 saturated carbocycles. The lowest BCUT2D eigenvalue weighted by Gasteiger charge is -2.36. The molecule has 0 aromatic heterocycles. The van der Waals surface area contributed by atoms with Crippen LogP contribution >= 0.6 is 0 Å². The van der Waals surface area contributed by atoms with E-state index in [4.69, 9.17) is 14.6 Å². The molecule has 1 heterocycles. The first-order valence-electron chi connectivity index (χ1n) is 10.6. The van der Waals surface area contributed by atoms with Crippen molar-refractivity contribution in [3.05, 3.63) is 12.2 Å². The lowest BCUT2D eigenvalue weighted by atomic mass is 10.0. The van der Waals surface area contributed by atoms with Crippen LogP contribution in [0.1, 0.15) is 77.6 Å². The Morgan fingerprint density at radius 3 is 2.15 bits per heavy atom. The van der Waals surface area contributed by atoms with Gasteiger partial charge in [0.1, 0.15) is 24.4 Å². The zero-order valence-corrected chi connectivity index (χ0v) is 16.5. The fraction of sp³-hybridized carbons (Fsp3) is 0.905. The Bertz CT molecular complexity index is 347. The molecule has 0 radical (unpaired) electrons. The molecule has 1 aliphatic heterocycles. The summed E-state index contributed by atoms with van der Waals surface area (Å²) in [7, 11) is 0. The maximum Gasteiger partial charge on any atom is 0.111 e. The standard InChI is InChI=1S/C21H40O5/c1-2-3-4-5-6-7-8-9-10-11-12-13-14-15-25-19-17-26-18(16-22)20(23)21(19)24/h6-7,18-24H,2-5,8-17H2,1H3/b7-6+/t18-,19+,20-,21-/m0/s1. The van der Waals surface area contributed by atoms with E-state index in [0.717, 1.165) is 12.8 Å². The van der Waals surface area contributed by atoms with Crippen LogP contribution in [0.2, 0.25) is 0 Å². The normalized spacial score (nSPS) is 26.6. The zero-order chi connectivity index (χ0) is 19.0. The number of allylic oxidation sites excluding steroid dienone is 2. The van der Waals surface area contributed by atoms with Gasteiger partial charge in [-0.15, -0.1) is 0 Å². The van der Waals surface area contributed by atoms with Crippen LogP contribution in [-0.2, 0) is 9.47 Å². The van der Waals surface area contributed by atoms with E-state index in [1.807, 2.05) is 0 Å². The average molecular weight is 373 g/mol. The second-order valence-electron chi connectivity index (χ2n) is 7.32. The number of unbranched alkanes of at least 4 members (excludes halogenated alkanes) is 9. The molecule has 1 saturated heterocycles. The minimum Gasteiger partial charge on any atom is -0.394 e. The monoisotopic (exact) mass is 372 g/mol. The summed E-state index contributed by atoms with van der Waals surface area (Å²) in [4.78, 5) is 0. The molecular weight excluding hydrogens is 332 g/mol. The van der Waals surface area contributed by atoms with Crippen LogP contribution in [0, 0.1) is 0 Å². The molecule has 0 unspecified atom stereocenters.